The predicted molar refractivity (Wildman–Crippen MR) is 110 cm³/mol. The molecule has 0 radical (unpaired) electrons. The summed E-state index contributed by atoms with van der Waals surface area (Å²) in [7, 11) is 0. The van der Waals surface area contributed by atoms with Gasteiger partial charge in [0.15, 0.2) is 0 Å². The minimum Gasteiger partial charge on any atom is -0.378 e. The molecule has 1 fully saturated rings. The average Bonchev–Trinajstić information content (AvgIpc) is 3.07. The van der Waals surface area contributed by atoms with Gasteiger partial charge in [0.1, 0.15) is 22.9 Å². The lowest BCUT2D eigenvalue weighted by Gasteiger charge is -2.28. The van der Waals surface area contributed by atoms with E-state index in [0.717, 1.165) is 24.3 Å². The third-order valence-electron chi connectivity index (χ3n) is 5.31. The number of rotatable bonds is 3. The molecule has 29 heavy (non-hydrogen) atoms. The first kappa shape index (κ1) is 18.1. The van der Waals surface area contributed by atoms with E-state index in [-0.39, 0.29) is 5.91 Å². The molecule has 0 bridgehead atoms. The van der Waals surface area contributed by atoms with E-state index in [4.69, 9.17) is 16.3 Å². The molecule has 1 N–H and O–H groups in total. The number of aromatic nitrogens is 3. The zero-order valence-electron chi connectivity index (χ0n) is 15.5. The number of carbonyl (C=O) groups is 1. The molecule has 5 rings (SSSR count). The molecule has 2 aromatic heterocycles. The summed E-state index contributed by atoms with van der Waals surface area (Å²) in [4.78, 5) is 36.3. The Morgan fingerprint density at radius 3 is 2.69 bits per heavy atom. The number of hydrogen-bond donors (Lipinski definition) is 1. The monoisotopic (exact) mass is 411 g/mol. The number of morpholine rings is 1. The van der Waals surface area contributed by atoms with Crippen LogP contribution in [-0.4, -0.2) is 46.7 Å². The number of amides is 1. The van der Waals surface area contributed by atoms with Gasteiger partial charge in [-0.2, -0.15) is 4.98 Å². The van der Waals surface area contributed by atoms with E-state index in [2.05, 4.69) is 20.2 Å². The van der Waals surface area contributed by atoms with Crippen molar-refractivity contribution in [2.45, 2.75) is 12.5 Å². The van der Waals surface area contributed by atoms with E-state index >= 15 is 0 Å². The first-order valence-electron chi connectivity index (χ1n) is 9.40. The van der Waals surface area contributed by atoms with Gasteiger partial charge in [0, 0.05) is 24.5 Å². The molecule has 9 heteroatoms. The van der Waals surface area contributed by atoms with E-state index in [1.54, 1.807) is 18.3 Å². The number of pyridine rings is 1. The average molecular weight is 412 g/mol. The van der Waals surface area contributed by atoms with Crippen LogP contribution >= 0.6 is 11.6 Å². The third kappa shape index (κ3) is 3.24. The summed E-state index contributed by atoms with van der Waals surface area (Å²) in [5.74, 6) is 0.155. The van der Waals surface area contributed by atoms with Crippen LogP contribution in [0.5, 0.6) is 0 Å². The fourth-order valence-corrected chi connectivity index (χ4v) is 3.95. The van der Waals surface area contributed by atoms with Gasteiger partial charge >= 0.3 is 5.69 Å². The molecule has 148 valence electrons. The van der Waals surface area contributed by atoms with Crippen LogP contribution in [0.25, 0.3) is 11.0 Å². The molecule has 1 atom stereocenters. The number of hydrogen-bond acceptors (Lipinski definition) is 6. The van der Waals surface area contributed by atoms with Gasteiger partial charge in [-0.1, -0.05) is 23.7 Å². The minimum atomic E-state index is -0.670. The summed E-state index contributed by atoms with van der Waals surface area (Å²) >= 11 is 5.93. The number of anilines is 2. The SMILES string of the molecule is O=C1Nc2c3ncc(N4CCOCC4)cc3nc(=O)n2C1Cc1ccc(Cl)cc1. The summed E-state index contributed by atoms with van der Waals surface area (Å²) in [6.45, 7) is 2.83. The number of nitrogens with one attached hydrogen (secondary N) is 1. The Kier molecular flexibility index (Phi) is 4.44. The molecule has 2 aliphatic rings. The Bertz CT molecular complexity index is 1160. The number of carbonyl (C=O) groups excluding carboxylic acids is 1. The summed E-state index contributed by atoms with van der Waals surface area (Å²) in [5, 5.41) is 3.44. The second-order valence-electron chi connectivity index (χ2n) is 7.11. The Balaban J connectivity index is 1.54. The number of fused-ring (bicyclic) bond motifs is 3. The number of nitrogens with zero attached hydrogens (tertiary/aromatic N) is 4. The van der Waals surface area contributed by atoms with E-state index in [9.17, 15) is 9.59 Å². The molecule has 3 aromatic rings. The van der Waals surface area contributed by atoms with Crippen LogP contribution in [0.3, 0.4) is 0 Å². The molecule has 4 heterocycles. The van der Waals surface area contributed by atoms with Crippen molar-refractivity contribution < 1.29 is 9.53 Å². The largest absolute Gasteiger partial charge is 0.378 e. The smallest absolute Gasteiger partial charge is 0.350 e. The van der Waals surface area contributed by atoms with Gasteiger partial charge in [-0.05, 0) is 23.8 Å². The predicted octanol–water partition coefficient (Wildman–Crippen LogP) is 2.02. The topological polar surface area (TPSA) is 89.4 Å². The van der Waals surface area contributed by atoms with Crippen LogP contribution in [0.4, 0.5) is 11.5 Å². The Morgan fingerprint density at radius 1 is 1.17 bits per heavy atom. The van der Waals surface area contributed by atoms with Gasteiger partial charge in [-0.15, -0.1) is 0 Å². The van der Waals surface area contributed by atoms with Crippen molar-refractivity contribution in [3.63, 3.8) is 0 Å². The molecule has 8 nitrogen and oxygen atoms in total. The molecular formula is C20H18ClN5O3. The van der Waals surface area contributed by atoms with Crippen LogP contribution in [0, 0.1) is 0 Å². The Labute approximate surface area is 171 Å². The van der Waals surface area contributed by atoms with Crippen LogP contribution in [-0.2, 0) is 16.0 Å². The number of benzene rings is 1. The van der Waals surface area contributed by atoms with Crippen molar-refractivity contribution in [3.05, 3.63) is 57.6 Å². The van der Waals surface area contributed by atoms with Crippen LogP contribution in [0.15, 0.2) is 41.3 Å². The first-order chi connectivity index (χ1) is 14.1. The minimum absolute atomic E-state index is 0.245. The normalized spacial score (nSPS) is 18.7. The third-order valence-corrected chi connectivity index (χ3v) is 5.57. The zero-order valence-corrected chi connectivity index (χ0v) is 16.2. The lowest BCUT2D eigenvalue weighted by Crippen LogP contribution is -2.36. The summed E-state index contributed by atoms with van der Waals surface area (Å²) < 4.78 is 6.78. The van der Waals surface area contributed by atoms with Gasteiger partial charge < -0.3 is 15.0 Å². The fraction of sp³-hybridized carbons (Fsp3) is 0.300. The highest BCUT2D eigenvalue weighted by molar-refractivity contribution is 6.30. The van der Waals surface area contributed by atoms with E-state index in [1.165, 1.54) is 4.57 Å². The summed E-state index contributed by atoms with van der Waals surface area (Å²) in [6.07, 6.45) is 2.12. The molecule has 1 saturated heterocycles. The second-order valence-corrected chi connectivity index (χ2v) is 7.55. The van der Waals surface area contributed by atoms with Crippen LogP contribution in [0.1, 0.15) is 11.6 Å². The molecule has 0 saturated carbocycles. The van der Waals surface area contributed by atoms with Crippen molar-refractivity contribution in [2.75, 3.05) is 36.5 Å². The van der Waals surface area contributed by atoms with E-state index in [0.29, 0.717) is 41.5 Å². The lowest BCUT2D eigenvalue weighted by molar-refractivity contribution is -0.118. The highest BCUT2D eigenvalue weighted by Gasteiger charge is 2.34. The zero-order chi connectivity index (χ0) is 20.0. The molecule has 1 aromatic carbocycles. The quantitative estimate of drug-likeness (QED) is 0.709. The number of ether oxygens (including phenoxy) is 1. The van der Waals surface area contributed by atoms with Gasteiger partial charge in [0.2, 0.25) is 5.91 Å². The van der Waals surface area contributed by atoms with Gasteiger partial charge in [0.05, 0.1) is 25.1 Å². The van der Waals surface area contributed by atoms with Crippen molar-refractivity contribution >= 4 is 40.0 Å². The van der Waals surface area contributed by atoms with Crippen LogP contribution < -0.4 is 15.9 Å². The van der Waals surface area contributed by atoms with E-state index in [1.807, 2.05) is 18.2 Å². The Morgan fingerprint density at radius 2 is 1.93 bits per heavy atom. The second kappa shape index (κ2) is 7.13. The van der Waals surface area contributed by atoms with Gasteiger partial charge in [0.25, 0.3) is 0 Å². The van der Waals surface area contributed by atoms with Crippen LogP contribution in [0.2, 0.25) is 5.02 Å². The number of halogens is 1. The highest BCUT2D eigenvalue weighted by atomic mass is 35.5. The fourth-order valence-electron chi connectivity index (χ4n) is 3.82. The maximum Gasteiger partial charge on any atom is 0.350 e. The summed E-state index contributed by atoms with van der Waals surface area (Å²) in [6, 6.07) is 8.40. The molecule has 0 spiro atoms. The molecule has 1 amide bonds. The maximum atomic E-state index is 12.8. The summed E-state index contributed by atoms with van der Waals surface area (Å²) in [5.41, 5.74) is 2.31. The molecule has 1 unspecified atom stereocenters. The molecular weight excluding hydrogens is 394 g/mol. The van der Waals surface area contributed by atoms with Crippen molar-refractivity contribution in [3.8, 4) is 0 Å². The maximum absolute atomic E-state index is 12.8. The Hall–Kier alpha value is -2.97. The highest BCUT2D eigenvalue weighted by Crippen LogP contribution is 2.31. The van der Waals surface area contributed by atoms with Crippen molar-refractivity contribution in [1.82, 2.24) is 14.5 Å². The molecule has 2 aliphatic heterocycles. The van der Waals surface area contributed by atoms with E-state index < -0.39 is 11.7 Å². The van der Waals surface area contributed by atoms with Crippen molar-refractivity contribution in [2.24, 2.45) is 0 Å². The van der Waals surface area contributed by atoms with Gasteiger partial charge in [-0.25, -0.2) is 9.78 Å². The standard InChI is InChI=1S/C20H18ClN5O3/c21-13-3-1-12(2-4-13)9-16-19(27)24-18-17-15(23-20(28)26(16)18)10-14(11-22-17)25-5-7-29-8-6-25/h1-4,10-11,16H,5-9H2,(H,24,27). The van der Waals surface area contributed by atoms with Crippen molar-refractivity contribution in [1.29, 1.82) is 0 Å². The first-order valence-corrected chi connectivity index (χ1v) is 9.78. The molecule has 0 aliphatic carbocycles. The van der Waals surface area contributed by atoms with Gasteiger partial charge in [-0.3, -0.25) is 9.36 Å². The lowest BCUT2D eigenvalue weighted by atomic mass is 10.1.